The fourth-order valence-electron chi connectivity index (χ4n) is 3.09. The second-order valence-corrected chi connectivity index (χ2v) is 6.70. The zero-order valence-corrected chi connectivity index (χ0v) is 16.0. The summed E-state index contributed by atoms with van der Waals surface area (Å²) < 4.78 is 13.6. The van der Waals surface area contributed by atoms with E-state index in [-0.39, 0.29) is 18.2 Å². The van der Waals surface area contributed by atoms with E-state index in [1.807, 2.05) is 31.2 Å². The van der Waals surface area contributed by atoms with Gasteiger partial charge in [-0.3, -0.25) is 9.59 Å². The Morgan fingerprint density at radius 3 is 2.67 bits per heavy atom. The predicted octanol–water partition coefficient (Wildman–Crippen LogP) is 3.98. The Bertz CT molecular complexity index is 750. The van der Waals surface area contributed by atoms with Crippen molar-refractivity contribution >= 4 is 11.8 Å². The highest BCUT2D eigenvalue weighted by Gasteiger charge is 2.34. The molecule has 1 unspecified atom stereocenters. The van der Waals surface area contributed by atoms with E-state index in [2.05, 4.69) is 11.9 Å². The molecule has 1 heterocycles. The van der Waals surface area contributed by atoms with Crippen molar-refractivity contribution in [1.82, 2.24) is 10.2 Å². The highest BCUT2D eigenvalue weighted by atomic mass is 19.1. The van der Waals surface area contributed by atoms with Crippen LogP contribution in [-0.4, -0.2) is 29.3 Å². The van der Waals surface area contributed by atoms with Crippen LogP contribution in [0, 0.1) is 6.92 Å². The summed E-state index contributed by atoms with van der Waals surface area (Å²) in [4.78, 5) is 27.0. The first-order valence-corrected chi connectivity index (χ1v) is 9.23. The Labute approximate surface area is 160 Å². The van der Waals surface area contributed by atoms with Crippen molar-refractivity contribution in [3.05, 3.63) is 71.6 Å². The number of allylic oxidation sites excluding steroid dienone is 4. The first-order valence-electron chi connectivity index (χ1n) is 9.23. The lowest BCUT2D eigenvalue weighted by atomic mass is 10.1. The standard InChI is InChI=1S/C22H27FN2O2/c1-4-7-18(14-19(23)5-2)22(27)25-13-6-8-20(25)21(26)24-15-17-11-9-16(3)10-12-17/h4-5,9-12,14,20H,1,6-8,13,15H2,2-3H3,(H,24,26)/b18-14+,19-5+. The van der Waals surface area contributed by atoms with E-state index >= 15 is 0 Å². The Morgan fingerprint density at radius 1 is 1.33 bits per heavy atom. The maximum atomic E-state index is 13.6. The van der Waals surface area contributed by atoms with Crippen LogP contribution in [0.4, 0.5) is 4.39 Å². The molecule has 1 fully saturated rings. The van der Waals surface area contributed by atoms with E-state index in [1.54, 1.807) is 17.9 Å². The van der Waals surface area contributed by atoms with Gasteiger partial charge in [0, 0.05) is 18.7 Å². The maximum absolute atomic E-state index is 13.6. The zero-order chi connectivity index (χ0) is 19.8. The highest BCUT2D eigenvalue weighted by molar-refractivity contribution is 5.97. The predicted molar refractivity (Wildman–Crippen MR) is 106 cm³/mol. The van der Waals surface area contributed by atoms with Gasteiger partial charge in [-0.25, -0.2) is 4.39 Å². The van der Waals surface area contributed by atoms with Gasteiger partial charge in [0.15, 0.2) is 0 Å². The van der Waals surface area contributed by atoms with Crippen molar-refractivity contribution in [2.45, 2.75) is 45.7 Å². The van der Waals surface area contributed by atoms with E-state index in [4.69, 9.17) is 0 Å². The first-order chi connectivity index (χ1) is 13.0. The van der Waals surface area contributed by atoms with Crippen LogP contribution in [0.5, 0.6) is 0 Å². The average Bonchev–Trinajstić information content (AvgIpc) is 3.16. The molecule has 0 aliphatic carbocycles. The molecule has 1 aliphatic heterocycles. The van der Waals surface area contributed by atoms with Crippen molar-refractivity contribution in [3.63, 3.8) is 0 Å². The average molecular weight is 370 g/mol. The molecule has 0 bridgehead atoms. The molecule has 4 nitrogen and oxygen atoms in total. The molecule has 144 valence electrons. The van der Waals surface area contributed by atoms with Crippen molar-refractivity contribution in [2.75, 3.05) is 6.54 Å². The Kier molecular flexibility index (Phi) is 7.53. The molecular formula is C22H27FN2O2. The van der Waals surface area contributed by atoms with Crippen LogP contribution in [0.1, 0.15) is 37.3 Å². The molecular weight excluding hydrogens is 343 g/mol. The molecule has 2 rings (SSSR count). The molecule has 1 aliphatic rings. The van der Waals surface area contributed by atoms with Crippen LogP contribution in [0.25, 0.3) is 0 Å². The van der Waals surface area contributed by atoms with Crippen LogP contribution >= 0.6 is 0 Å². The third-order valence-electron chi connectivity index (χ3n) is 4.63. The first kappa shape index (κ1) is 20.6. The second-order valence-electron chi connectivity index (χ2n) is 6.70. The number of halogens is 1. The van der Waals surface area contributed by atoms with Gasteiger partial charge in [0.2, 0.25) is 5.91 Å². The topological polar surface area (TPSA) is 49.4 Å². The third kappa shape index (κ3) is 5.64. The normalized spacial score (nSPS) is 17.7. The van der Waals surface area contributed by atoms with Crippen molar-refractivity contribution in [2.24, 2.45) is 0 Å². The van der Waals surface area contributed by atoms with Crippen molar-refractivity contribution < 1.29 is 14.0 Å². The number of hydrogen-bond acceptors (Lipinski definition) is 2. The molecule has 0 saturated carbocycles. The highest BCUT2D eigenvalue weighted by Crippen LogP contribution is 2.22. The molecule has 1 aromatic carbocycles. The molecule has 5 heteroatoms. The number of carbonyl (C=O) groups is 2. The van der Waals surface area contributed by atoms with Gasteiger partial charge in [-0.15, -0.1) is 6.58 Å². The summed E-state index contributed by atoms with van der Waals surface area (Å²) in [5, 5.41) is 2.91. The summed E-state index contributed by atoms with van der Waals surface area (Å²) in [6.45, 7) is 8.12. The molecule has 1 aromatic rings. The number of amides is 2. The summed E-state index contributed by atoms with van der Waals surface area (Å²) in [6.07, 6.45) is 5.71. The Morgan fingerprint density at radius 2 is 2.04 bits per heavy atom. The van der Waals surface area contributed by atoms with Gasteiger partial charge in [-0.05, 0) is 44.7 Å². The summed E-state index contributed by atoms with van der Waals surface area (Å²) >= 11 is 0. The number of aryl methyl sites for hydroxylation is 1. The van der Waals surface area contributed by atoms with Crippen LogP contribution in [-0.2, 0) is 16.1 Å². The number of nitrogens with one attached hydrogen (secondary N) is 1. The molecule has 1 saturated heterocycles. The second kappa shape index (κ2) is 9.86. The summed E-state index contributed by atoms with van der Waals surface area (Å²) in [7, 11) is 0. The van der Waals surface area contributed by atoms with Gasteiger partial charge in [-0.1, -0.05) is 42.0 Å². The van der Waals surface area contributed by atoms with Crippen molar-refractivity contribution in [3.8, 4) is 0 Å². The maximum Gasteiger partial charge on any atom is 0.250 e. The lowest BCUT2D eigenvalue weighted by Gasteiger charge is -2.25. The van der Waals surface area contributed by atoms with E-state index in [1.165, 1.54) is 12.2 Å². The number of carbonyl (C=O) groups excluding carboxylic acids is 2. The lowest BCUT2D eigenvalue weighted by molar-refractivity contribution is -0.135. The minimum Gasteiger partial charge on any atom is -0.350 e. The van der Waals surface area contributed by atoms with E-state index in [0.29, 0.717) is 25.1 Å². The molecule has 0 aromatic heterocycles. The monoisotopic (exact) mass is 370 g/mol. The zero-order valence-electron chi connectivity index (χ0n) is 16.0. The number of benzene rings is 1. The van der Waals surface area contributed by atoms with Crippen LogP contribution in [0.15, 0.2) is 60.5 Å². The van der Waals surface area contributed by atoms with E-state index in [0.717, 1.165) is 17.5 Å². The SMILES string of the molecule is C=CC/C(=C\C(F)=C/C)C(=O)N1CCCC1C(=O)NCc1ccc(C)cc1. The van der Waals surface area contributed by atoms with Gasteiger partial charge in [-0.2, -0.15) is 0 Å². The number of hydrogen-bond donors (Lipinski definition) is 1. The summed E-state index contributed by atoms with van der Waals surface area (Å²) in [5.41, 5.74) is 2.47. The molecule has 1 N–H and O–H groups in total. The summed E-state index contributed by atoms with van der Waals surface area (Å²) in [6, 6.07) is 7.41. The van der Waals surface area contributed by atoms with Gasteiger partial charge >= 0.3 is 0 Å². The molecule has 0 radical (unpaired) electrons. The van der Waals surface area contributed by atoms with E-state index < -0.39 is 11.9 Å². The van der Waals surface area contributed by atoms with Gasteiger partial charge < -0.3 is 10.2 Å². The quantitative estimate of drug-likeness (QED) is 0.448. The molecule has 0 spiro atoms. The number of nitrogens with zero attached hydrogens (tertiary/aromatic N) is 1. The smallest absolute Gasteiger partial charge is 0.250 e. The fraction of sp³-hybridized carbons (Fsp3) is 0.364. The van der Waals surface area contributed by atoms with E-state index in [9.17, 15) is 14.0 Å². The number of rotatable bonds is 7. The molecule has 27 heavy (non-hydrogen) atoms. The Balaban J connectivity index is 2.06. The lowest BCUT2D eigenvalue weighted by Crippen LogP contribution is -2.46. The van der Waals surface area contributed by atoms with Crippen LogP contribution in [0.2, 0.25) is 0 Å². The van der Waals surface area contributed by atoms with Gasteiger partial charge in [0.1, 0.15) is 11.9 Å². The molecule has 2 amide bonds. The van der Waals surface area contributed by atoms with Crippen molar-refractivity contribution in [1.29, 1.82) is 0 Å². The minimum absolute atomic E-state index is 0.175. The fourth-order valence-corrected chi connectivity index (χ4v) is 3.09. The minimum atomic E-state index is -0.523. The number of likely N-dealkylation sites (tertiary alicyclic amines) is 1. The largest absolute Gasteiger partial charge is 0.350 e. The molecule has 1 atom stereocenters. The third-order valence-corrected chi connectivity index (χ3v) is 4.63. The van der Waals surface area contributed by atoms with Gasteiger partial charge in [0.05, 0.1) is 0 Å². The summed E-state index contributed by atoms with van der Waals surface area (Å²) in [5.74, 6) is -0.953. The van der Waals surface area contributed by atoms with Crippen LogP contribution < -0.4 is 5.32 Å². The Hall–Kier alpha value is -2.69. The van der Waals surface area contributed by atoms with Gasteiger partial charge in [0.25, 0.3) is 5.91 Å². The van der Waals surface area contributed by atoms with Crippen LogP contribution in [0.3, 0.4) is 0 Å².